The van der Waals surface area contributed by atoms with Crippen molar-refractivity contribution in [2.75, 3.05) is 11.9 Å². The molecular formula is C10H14F2N2O2. The van der Waals surface area contributed by atoms with Crippen LogP contribution < -0.4 is 5.32 Å². The highest BCUT2D eigenvalue weighted by molar-refractivity contribution is 5.61. The molecule has 0 spiro atoms. The van der Waals surface area contributed by atoms with E-state index in [0.717, 1.165) is 6.07 Å². The van der Waals surface area contributed by atoms with Crippen molar-refractivity contribution in [1.29, 1.82) is 0 Å². The van der Waals surface area contributed by atoms with Crippen LogP contribution in [-0.4, -0.2) is 11.5 Å². The summed E-state index contributed by atoms with van der Waals surface area (Å²) in [6, 6.07) is 1.34. The molecule has 0 saturated carbocycles. The molecule has 1 aromatic carbocycles. The van der Waals surface area contributed by atoms with Crippen LogP contribution in [0, 0.1) is 21.7 Å². The van der Waals surface area contributed by atoms with Crippen molar-refractivity contribution >= 4 is 11.4 Å². The number of nitro benzene ring substituents is 1. The van der Waals surface area contributed by atoms with Gasteiger partial charge in [-0.15, -0.1) is 0 Å². The summed E-state index contributed by atoms with van der Waals surface area (Å²) in [7, 11) is 0. The Kier molecular flexibility index (Phi) is 5.99. The van der Waals surface area contributed by atoms with Crippen molar-refractivity contribution in [1.82, 2.24) is 0 Å². The average molecular weight is 232 g/mol. The summed E-state index contributed by atoms with van der Waals surface area (Å²) < 4.78 is 25.4. The molecule has 1 N–H and O–H groups in total. The number of anilines is 1. The minimum absolute atomic E-state index is 0.0172. The van der Waals surface area contributed by atoms with Crippen LogP contribution in [0.25, 0.3) is 0 Å². The van der Waals surface area contributed by atoms with Gasteiger partial charge in [-0.1, -0.05) is 13.8 Å². The standard InChI is InChI=1S/C8H8F2N2O2.C2H6/c1-2-11-7-3-5(9)6(10)4-8(7)12(13)14;1-2/h3-4,11H,2H2,1H3;1-2H3. The van der Waals surface area contributed by atoms with Crippen LogP contribution in [0.1, 0.15) is 20.8 Å². The van der Waals surface area contributed by atoms with E-state index in [9.17, 15) is 18.9 Å². The van der Waals surface area contributed by atoms with Crippen LogP contribution in [0.15, 0.2) is 12.1 Å². The third kappa shape index (κ3) is 3.45. The van der Waals surface area contributed by atoms with Crippen molar-refractivity contribution in [2.24, 2.45) is 0 Å². The quantitative estimate of drug-likeness (QED) is 0.642. The van der Waals surface area contributed by atoms with E-state index in [4.69, 9.17) is 0 Å². The number of hydrogen-bond acceptors (Lipinski definition) is 3. The zero-order chi connectivity index (χ0) is 12.7. The molecule has 0 atom stereocenters. The molecule has 6 heteroatoms. The van der Waals surface area contributed by atoms with Gasteiger partial charge in [-0.25, -0.2) is 8.78 Å². The number of nitrogens with zero attached hydrogens (tertiary/aromatic N) is 1. The first-order valence-corrected chi connectivity index (χ1v) is 4.93. The highest BCUT2D eigenvalue weighted by atomic mass is 19.2. The normalized spacial score (nSPS) is 9.06. The lowest BCUT2D eigenvalue weighted by atomic mass is 10.2. The highest BCUT2D eigenvalue weighted by Crippen LogP contribution is 2.26. The smallest absolute Gasteiger partial charge is 0.295 e. The van der Waals surface area contributed by atoms with E-state index in [1.807, 2.05) is 13.8 Å². The Morgan fingerprint density at radius 1 is 1.31 bits per heavy atom. The topological polar surface area (TPSA) is 55.2 Å². The summed E-state index contributed by atoms with van der Waals surface area (Å²) in [5.41, 5.74) is -0.484. The first kappa shape index (κ1) is 14.3. The molecule has 0 aliphatic carbocycles. The zero-order valence-corrected chi connectivity index (χ0v) is 9.38. The van der Waals surface area contributed by atoms with Gasteiger partial charge in [0.1, 0.15) is 5.69 Å². The van der Waals surface area contributed by atoms with E-state index in [1.165, 1.54) is 0 Å². The van der Waals surface area contributed by atoms with E-state index < -0.39 is 22.2 Å². The monoisotopic (exact) mass is 232 g/mol. The number of benzene rings is 1. The van der Waals surface area contributed by atoms with E-state index >= 15 is 0 Å². The molecule has 0 fully saturated rings. The Balaban J connectivity index is 0.00000106. The number of nitrogens with one attached hydrogen (secondary N) is 1. The lowest BCUT2D eigenvalue weighted by Gasteiger charge is -2.04. The first-order chi connectivity index (χ1) is 7.56. The van der Waals surface area contributed by atoms with Crippen LogP contribution in [0.5, 0.6) is 0 Å². The fourth-order valence-corrected chi connectivity index (χ4v) is 1.02. The number of halogens is 2. The molecule has 16 heavy (non-hydrogen) atoms. The van der Waals surface area contributed by atoms with E-state index in [-0.39, 0.29) is 5.69 Å². The largest absolute Gasteiger partial charge is 0.380 e. The summed E-state index contributed by atoms with van der Waals surface area (Å²) >= 11 is 0. The third-order valence-electron chi connectivity index (χ3n) is 1.60. The Morgan fingerprint density at radius 3 is 2.25 bits per heavy atom. The number of hydrogen-bond donors (Lipinski definition) is 1. The van der Waals surface area contributed by atoms with Gasteiger partial charge in [-0.2, -0.15) is 0 Å². The van der Waals surface area contributed by atoms with E-state index in [1.54, 1.807) is 6.92 Å². The van der Waals surface area contributed by atoms with E-state index in [2.05, 4.69) is 5.32 Å². The van der Waals surface area contributed by atoms with Gasteiger partial charge >= 0.3 is 0 Å². The summed E-state index contributed by atoms with van der Waals surface area (Å²) in [5, 5.41) is 13.0. The van der Waals surface area contributed by atoms with Gasteiger partial charge in [0.2, 0.25) is 0 Å². The fourth-order valence-electron chi connectivity index (χ4n) is 1.02. The number of rotatable bonds is 3. The molecule has 0 amide bonds. The summed E-state index contributed by atoms with van der Waals surface area (Å²) in [6.07, 6.45) is 0. The Bertz CT molecular complexity index is 370. The molecule has 0 aromatic heterocycles. The third-order valence-corrected chi connectivity index (χ3v) is 1.60. The summed E-state index contributed by atoms with van der Waals surface area (Å²) in [4.78, 5) is 9.67. The van der Waals surface area contributed by atoms with Gasteiger partial charge in [0.25, 0.3) is 5.69 Å². The van der Waals surface area contributed by atoms with Crippen LogP contribution >= 0.6 is 0 Å². The van der Waals surface area contributed by atoms with Crippen molar-refractivity contribution in [3.8, 4) is 0 Å². The minimum atomic E-state index is -1.22. The highest BCUT2D eigenvalue weighted by Gasteiger charge is 2.17. The molecule has 0 bridgehead atoms. The molecule has 0 saturated heterocycles. The molecule has 4 nitrogen and oxygen atoms in total. The molecule has 0 radical (unpaired) electrons. The van der Waals surface area contributed by atoms with Crippen molar-refractivity contribution in [3.63, 3.8) is 0 Å². The zero-order valence-electron chi connectivity index (χ0n) is 9.38. The maximum atomic E-state index is 12.7. The second-order valence-electron chi connectivity index (χ2n) is 2.57. The van der Waals surface area contributed by atoms with E-state index in [0.29, 0.717) is 12.6 Å². The molecule has 90 valence electrons. The van der Waals surface area contributed by atoms with Gasteiger partial charge in [-0.3, -0.25) is 10.1 Å². The second-order valence-corrected chi connectivity index (χ2v) is 2.57. The van der Waals surface area contributed by atoms with Crippen molar-refractivity contribution in [2.45, 2.75) is 20.8 Å². The maximum absolute atomic E-state index is 12.7. The molecule has 1 aromatic rings. The first-order valence-electron chi connectivity index (χ1n) is 4.93. The minimum Gasteiger partial charge on any atom is -0.380 e. The molecule has 0 aliphatic heterocycles. The van der Waals surface area contributed by atoms with Gasteiger partial charge in [0.05, 0.1) is 11.0 Å². The van der Waals surface area contributed by atoms with Crippen molar-refractivity contribution in [3.05, 3.63) is 33.9 Å². The van der Waals surface area contributed by atoms with Crippen LogP contribution in [0.4, 0.5) is 20.2 Å². The molecule has 1 rings (SSSR count). The van der Waals surface area contributed by atoms with Gasteiger partial charge < -0.3 is 5.32 Å². The molecular weight excluding hydrogens is 218 g/mol. The Labute approximate surface area is 92.4 Å². The molecule has 0 heterocycles. The summed E-state index contributed by atoms with van der Waals surface area (Å²) in [5.74, 6) is -2.33. The summed E-state index contributed by atoms with van der Waals surface area (Å²) in [6.45, 7) is 6.09. The Hall–Kier alpha value is -1.72. The van der Waals surface area contributed by atoms with Crippen molar-refractivity contribution < 1.29 is 13.7 Å². The molecule has 0 unspecified atom stereocenters. The lowest BCUT2D eigenvalue weighted by Crippen LogP contribution is -2.02. The average Bonchev–Trinajstić information content (AvgIpc) is 2.26. The second kappa shape index (κ2) is 6.71. The van der Waals surface area contributed by atoms with Gasteiger partial charge in [-0.05, 0) is 6.92 Å². The van der Waals surface area contributed by atoms with Gasteiger partial charge in [0.15, 0.2) is 11.6 Å². The lowest BCUT2D eigenvalue weighted by molar-refractivity contribution is -0.384. The van der Waals surface area contributed by atoms with Crippen LogP contribution in [-0.2, 0) is 0 Å². The predicted octanol–water partition coefficient (Wildman–Crippen LogP) is 3.33. The predicted molar refractivity (Wildman–Crippen MR) is 58.5 cm³/mol. The van der Waals surface area contributed by atoms with Crippen LogP contribution in [0.2, 0.25) is 0 Å². The maximum Gasteiger partial charge on any atom is 0.295 e. The number of nitro groups is 1. The van der Waals surface area contributed by atoms with Crippen LogP contribution in [0.3, 0.4) is 0 Å². The fraction of sp³-hybridized carbons (Fsp3) is 0.400. The van der Waals surface area contributed by atoms with Gasteiger partial charge in [0, 0.05) is 12.6 Å². The Morgan fingerprint density at radius 2 is 1.81 bits per heavy atom. The molecule has 0 aliphatic rings. The SMILES string of the molecule is CC.CCNc1cc(F)c(F)cc1[N+](=O)[O-].